The fraction of sp³-hybridized carbons (Fsp3) is 0.455. The Bertz CT molecular complexity index is 416. The Labute approximate surface area is 94.2 Å². The van der Waals surface area contributed by atoms with Gasteiger partial charge in [0.15, 0.2) is 0 Å². The zero-order valence-electron chi connectivity index (χ0n) is 9.43. The molecule has 0 aromatic heterocycles. The molecular weight excluding hydrogens is 206 g/mol. The summed E-state index contributed by atoms with van der Waals surface area (Å²) in [6.45, 7) is 3.73. The number of likely N-dealkylation sites (N-methyl/N-ethyl adjacent to an activating group) is 1. The zero-order chi connectivity index (χ0) is 11.7. The van der Waals surface area contributed by atoms with Crippen molar-refractivity contribution in [3.8, 4) is 0 Å². The lowest BCUT2D eigenvalue weighted by molar-refractivity contribution is -0.384. The quantitative estimate of drug-likeness (QED) is 0.617. The molecule has 5 nitrogen and oxygen atoms in total. The second-order valence-electron chi connectivity index (χ2n) is 4.17. The van der Waals surface area contributed by atoms with E-state index in [0.717, 1.165) is 18.7 Å². The summed E-state index contributed by atoms with van der Waals surface area (Å²) in [6, 6.07) is 5.58. The first kappa shape index (κ1) is 10.9. The molecule has 0 unspecified atom stereocenters. The molecule has 1 aliphatic heterocycles. The van der Waals surface area contributed by atoms with Crippen LogP contribution < -0.4 is 10.2 Å². The largest absolute Gasteiger partial charge is 0.363 e. The van der Waals surface area contributed by atoms with Crippen molar-refractivity contribution < 1.29 is 4.92 Å². The molecule has 2 rings (SSSR count). The molecule has 16 heavy (non-hydrogen) atoms. The summed E-state index contributed by atoms with van der Waals surface area (Å²) in [7, 11) is 1.91. The van der Waals surface area contributed by atoms with Crippen LogP contribution in [0.5, 0.6) is 0 Å². The molecule has 1 fully saturated rings. The molecule has 0 bridgehead atoms. The normalized spacial score (nSPS) is 15.6. The molecule has 5 heteroatoms. The van der Waals surface area contributed by atoms with Crippen molar-refractivity contribution in [1.29, 1.82) is 0 Å². The summed E-state index contributed by atoms with van der Waals surface area (Å²) in [6.07, 6.45) is 0. The molecule has 86 valence electrons. The van der Waals surface area contributed by atoms with Gasteiger partial charge in [0.2, 0.25) is 0 Å². The number of hydrogen-bond acceptors (Lipinski definition) is 4. The highest BCUT2D eigenvalue weighted by molar-refractivity contribution is 5.64. The van der Waals surface area contributed by atoms with E-state index in [0.29, 0.717) is 11.7 Å². The standard InChI is InChI=1S/C11H15N3O2/c1-8-3-4-10(14(15)16)11(5-8)13(2)9-6-12-7-9/h3-5,9,12H,6-7H2,1-2H3. The molecule has 0 aliphatic carbocycles. The minimum absolute atomic E-state index is 0.181. The predicted molar refractivity (Wildman–Crippen MR) is 62.9 cm³/mol. The zero-order valence-corrected chi connectivity index (χ0v) is 9.43. The van der Waals surface area contributed by atoms with Crippen molar-refractivity contribution in [2.75, 3.05) is 25.0 Å². The maximum Gasteiger partial charge on any atom is 0.292 e. The molecule has 1 aromatic rings. The van der Waals surface area contributed by atoms with E-state index in [1.54, 1.807) is 12.1 Å². The third kappa shape index (κ3) is 1.86. The highest BCUT2D eigenvalue weighted by Gasteiger charge is 2.26. The van der Waals surface area contributed by atoms with Gasteiger partial charge in [-0.1, -0.05) is 6.07 Å². The van der Waals surface area contributed by atoms with Crippen LogP contribution in [0.2, 0.25) is 0 Å². The number of rotatable bonds is 3. The van der Waals surface area contributed by atoms with Gasteiger partial charge >= 0.3 is 0 Å². The summed E-state index contributed by atoms with van der Waals surface area (Å²) in [4.78, 5) is 12.6. The van der Waals surface area contributed by atoms with Gasteiger partial charge in [0, 0.05) is 26.2 Å². The van der Waals surface area contributed by atoms with E-state index in [4.69, 9.17) is 0 Å². The van der Waals surface area contributed by atoms with E-state index >= 15 is 0 Å². The first-order chi connectivity index (χ1) is 7.59. The number of nitrogens with one attached hydrogen (secondary N) is 1. The van der Waals surface area contributed by atoms with Gasteiger partial charge in [-0.2, -0.15) is 0 Å². The number of benzene rings is 1. The maximum atomic E-state index is 10.9. The van der Waals surface area contributed by atoms with Gasteiger partial charge in [0.1, 0.15) is 5.69 Å². The van der Waals surface area contributed by atoms with E-state index in [-0.39, 0.29) is 10.6 Å². The minimum Gasteiger partial charge on any atom is -0.363 e. The number of nitro groups is 1. The van der Waals surface area contributed by atoms with Crippen LogP contribution in [-0.2, 0) is 0 Å². The second-order valence-corrected chi connectivity index (χ2v) is 4.17. The Hall–Kier alpha value is -1.62. The smallest absolute Gasteiger partial charge is 0.292 e. The number of hydrogen-bond donors (Lipinski definition) is 1. The molecule has 1 aliphatic rings. The van der Waals surface area contributed by atoms with Gasteiger partial charge in [-0.25, -0.2) is 0 Å². The monoisotopic (exact) mass is 221 g/mol. The van der Waals surface area contributed by atoms with Crippen LogP contribution in [0, 0.1) is 17.0 Å². The number of anilines is 1. The minimum atomic E-state index is -0.322. The van der Waals surface area contributed by atoms with Crippen molar-refractivity contribution in [3.05, 3.63) is 33.9 Å². The van der Waals surface area contributed by atoms with Crippen molar-refractivity contribution in [3.63, 3.8) is 0 Å². The molecule has 1 N–H and O–H groups in total. The summed E-state index contributed by atoms with van der Waals surface area (Å²) in [5.74, 6) is 0. The average molecular weight is 221 g/mol. The predicted octanol–water partition coefficient (Wildman–Crippen LogP) is 1.31. The van der Waals surface area contributed by atoms with Crippen molar-refractivity contribution >= 4 is 11.4 Å². The Kier molecular flexibility index (Phi) is 2.78. The van der Waals surface area contributed by atoms with E-state index in [2.05, 4.69) is 5.32 Å². The molecular formula is C11H15N3O2. The van der Waals surface area contributed by atoms with Gasteiger partial charge in [0.25, 0.3) is 5.69 Å². The molecule has 1 saturated heterocycles. The lowest BCUT2D eigenvalue weighted by Crippen LogP contribution is -2.56. The first-order valence-corrected chi connectivity index (χ1v) is 5.28. The van der Waals surface area contributed by atoms with Gasteiger partial charge in [-0.15, -0.1) is 0 Å². The number of nitrogens with zero attached hydrogens (tertiary/aromatic N) is 2. The Balaban J connectivity index is 2.36. The Morgan fingerprint density at radius 3 is 2.69 bits per heavy atom. The topological polar surface area (TPSA) is 58.4 Å². The van der Waals surface area contributed by atoms with Crippen LogP contribution in [0.1, 0.15) is 5.56 Å². The van der Waals surface area contributed by atoms with Crippen LogP contribution in [-0.4, -0.2) is 31.1 Å². The summed E-state index contributed by atoms with van der Waals surface area (Å²) in [5.41, 5.74) is 1.93. The van der Waals surface area contributed by atoms with Crippen LogP contribution in [0.15, 0.2) is 18.2 Å². The summed E-state index contributed by atoms with van der Waals surface area (Å²) in [5, 5.41) is 14.1. The van der Waals surface area contributed by atoms with Crippen LogP contribution in [0.4, 0.5) is 11.4 Å². The third-order valence-corrected chi connectivity index (χ3v) is 3.02. The van der Waals surface area contributed by atoms with Crippen LogP contribution in [0.25, 0.3) is 0 Å². The molecule has 0 atom stereocenters. The Morgan fingerprint density at radius 2 is 2.19 bits per heavy atom. The number of aryl methyl sites for hydroxylation is 1. The van der Waals surface area contributed by atoms with Crippen LogP contribution in [0.3, 0.4) is 0 Å². The molecule has 0 amide bonds. The fourth-order valence-electron chi connectivity index (χ4n) is 1.81. The highest BCUT2D eigenvalue weighted by Crippen LogP contribution is 2.30. The van der Waals surface area contributed by atoms with Gasteiger partial charge in [-0.05, 0) is 18.6 Å². The molecule has 0 spiro atoms. The average Bonchev–Trinajstić information content (AvgIpc) is 2.14. The third-order valence-electron chi connectivity index (χ3n) is 3.02. The van der Waals surface area contributed by atoms with Gasteiger partial charge in [0.05, 0.1) is 11.0 Å². The lowest BCUT2D eigenvalue weighted by atomic mass is 10.1. The highest BCUT2D eigenvalue weighted by atomic mass is 16.6. The SMILES string of the molecule is Cc1ccc([N+](=O)[O-])c(N(C)C2CNC2)c1. The van der Waals surface area contributed by atoms with Gasteiger partial charge < -0.3 is 10.2 Å². The molecule has 1 heterocycles. The molecule has 1 aromatic carbocycles. The Morgan fingerprint density at radius 1 is 1.50 bits per heavy atom. The van der Waals surface area contributed by atoms with Crippen molar-refractivity contribution in [2.24, 2.45) is 0 Å². The molecule has 0 radical (unpaired) electrons. The summed E-state index contributed by atoms with van der Waals surface area (Å²) < 4.78 is 0. The van der Waals surface area contributed by atoms with E-state index in [1.807, 2.05) is 24.9 Å². The lowest BCUT2D eigenvalue weighted by Gasteiger charge is -2.36. The van der Waals surface area contributed by atoms with Gasteiger partial charge in [-0.3, -0.25) is 10.1 Å². The van der Waals surface area contributed by atoms with Crippen molar-refractivity contribution in [2.45, 2.75) is 13.0 Å². The number of nitro benzene ring substituents is 1. The molecule has 0 saturated carbocycles. The second kappa shape index (κ2) is 4.09. The van der Waals surface area contributed by atoms with E-state index < -0.39 is 0 Å². The first-order valence-electron chi connectivity index (χ1n) is 5.28. The maximum absolute atomic E-state index is 10.9. The fourth-order valence-corrected chi connectivity index (χ4v) is 1.81. The van der Waals surface area contributed by atoms with E-state index in [1.165, 1.54) is 0 Å². The van der Waals surface area contributed by atoms with Crippen LogP contribution >= 0.6 is 0 Å². The van der Waals surface area contributed by atoms with E-state index in [9.17, 15) is 10.1 Å². The van der Waals surface area contributed by atoms with Crippen molar-refractivity contribution in [1.82, 2.24) is 5.32 Å². The summed E-state index contributed by atoms with van der Waals surface area (Å²) >= 11 is 0.